The van der Waals surface area contributed by atoms with E-state index in [0.717, 1.165) is 11.3 Å². The van der Waals surface area contributed by atoms with Crippen LogP contribution in [0.15, 0.2) is 45.9 Å². The number of guanidine groups is 1. The van der Waals surface area contributed by atoms with E-state index in [9.17, 15) is 4.79 Å². The molecular weight excluding hydrogens is 394 g/mol. The first kappa shape index (κ1) is 24.2. The van der Waals surface area contributed by atoms with Crippen molar-refractivity contribution in [2.45, 2.75) is 65.6 Å². The molecule has 31 heavy (non-hydrogen) atoms. The van der Waals surface area contributed by atoms with Gasteiger partial charge in [0.05, 0.1) is 11.7 Å². The van der Waals surface area contributed by atoms with Gasteiger partial charge in [-0.1, -0.05) is 49.3 Å². The molecule has 0 aliphatic carbocycles. The smallest absolute Gasteiger partial charge is 0.408 e. The maximum Gasteiger partial charge on any atom is 0.408 e. The number of rotatable bonds is 8. The van der Waals surface area contributed by atoms with Crippen LogP contribution in [0.2, 0.25) is 0 Å². The third-order valence-electron chi connectivity index (χ3n) is 4.27. The number of carbonyl (C=O) groups excluding carboxylic acids is 1. The Morgan fingerprint density at radius 3 is 2.48 bits per heavy atom. The van der Waals surface area contributed by atoms with Gasteiger partial charge in [0.1, 0.15) is 12.1 Å². The fourth-order valence-corrected chi connectivity index (χ4v) is 2.76. The minimum atomic E-state index is -0.568. The van der Waals surface area contributed by atoms with Crippen molar-refractivity contribution >= 4 is 12.1 Å². The lowest BCUT2D eigenvalue weighted by molar-refractivity contribution is 0.0504. The molecule has 170 valence electrons. The van der Waals surface area contributed by atoms with Gasteiger partial charge in [0.2, 0.25) is 0 Å². The van der Waals surface area contributed by atoms with Gasteiger partial charge >= 0.3 is 6.09 Å². The summed E-state index contributed by atoms with van der Waals surface area (Å²) in [6.45, 7) is 13.2. The molecule has 0 spiro atoms. The standard InChI is InChI=1S/C23H35N5O3/c1-7-24-21(25-14-18-13-19(16(2)3)28-31-18)26-15-20(17-11-9-8-10-12-17)27-22(29)30-23(4,5)6/h8-13,16,20H,7,14-15H2,1-6H3,(H,27,29)(H2,24,25,26). The van der Waals surface area contributed by atoms with E-state index >= 15 is 0 Å². The van der Waals surface area contributed by atoms with Crippen LogP contribution < -0.4 is 16.0 Å². The molecule has 0 aliphatic rings. The van der Waals surface area contributed by atoms with Crippen molar-refractivity contribution in [1.82, 2.24) is 21.1 Å². The average molecular weight is 430 g/mol. The third-order valence-corrected chi connectivity index (χ3v) is 4.27. The van der Waals surface area contributed by atoms with Gasteiger partial charge in [0.25, 0.3) is 0 Å². The van der Waals surface area contributed by atoms with Gasteiger partial charge in [-0.2, -0.15) is 0 Å². The SMILES string of the molecule is CCNC(=NCc1cc(C(C)C)no1)NCC(NC(=O)OC(C)(C)C)c1ccccc1. The van der Waals surface area contributed by atoms with Gasteiger partial charge in [-0.05, 0) is 39.2 Å². The van der Waals surface area contributed by atoms with Gasteiger partial charge in [0.15, 0.2) is 11.7 Å². The molecule has 0 saturated heterocycles. The highest BCUT2D eigenvalue weighted by Gasteiger charge is 2.21. The van der Waals surface area contributed by atoms with Crippen molar-refractivity contribution < 1.29 is 14.1 Å². The Bertz CT molecular complexity index is 840. The average Bonchev–Trinajstić information content (AvgIpc) is 3.17. The molecule has 3 N–H and O–H groups in total. The number of carbonyl (C=O) groups is 1. The Balaban J connectivity index is 2.07. The molecule has 1 aromatic carbocycles. The van der Waals surface area contributed by atoms with Crippen LogP contribution in [0.1, 0.15) is 70.5 Å². The summed E-state index contributed by atoms with van der Waals surface area (Å²) in [6.07, 6.45) is -0.465. The van der Waals surface area contributed by atoms with Crippen LogP contribution in [-0.2, 0) is 11.3 Å². The zero-order chi connectivity index (χ0) is 22.9. The molecule has 0 bridgehead atoms. The normalized spacial score (nSPS) is 13.1. The molecule has 8 nitrogen and oxygen atoms in total. The van der Waals surface area contributed by atoms with E-state index in [0.29, 0.717) is 37.3 Å². The fourth-order valence-electron chi connectivity index (χ4n) is 2.76. The number of nitrogens with zero attached hydrogens (tertiary/aromatic N) is 2. The Kier molecular flexibility index (Phi) is 8.90. The summed E-state index contributed by atoms with van der Waals surface area (Å²) in [5, 5.41) is 13.5. The van der Waals surface area contributed by atoms with E-state index < -0.39 is 11.7 Å². The van der Waals surface area contributed by atoms with Gasteiger partial charge in [-0.15, -0.1) is 0 Å². The van der Waals surface area contributed by atoms with Crippen LogP contribution in [0.5, 0.6) is 0 Å². The maximum atomic E-state index is 12.4. The molecule has 1 unspecified atom stereocenters. The minimum Gasteiger partial charge on any atom is -0.444 e. The Hall–Kier alpha value is -3.03. The number of aliphatic imine (C=N–C) groups is 1. The van der Waals surface area contributed by atoms with E-state index in [1.807, 2.05) is 64.1 Å². The highest BCUT2D eigenvalue weighted by molar-refractivity contribution is 5.79. The number of nitrogens with one attached hydrogen (secondary N) is 3. The van der Waals surface area contributed by atoms with E-state index in [1.54, 1.807) is 0 Å². The molecule has 1 aromatic heterocycles. The van der Waals surface area contributed by atoms with Gasteiger partial charge in [-0.25, -0.2) is 9.79 Å². The summed E-state index contributed by atoms with van der Waals surface area (Å²) in [5.41, 5.74) is 1.31. The topological polar surface area (TPSA) is 101 Å². The second-order valence-electron chi connectivity index (χ2n) is 8.56. The maximum absolute atomic E-state index is 12.4. The molecule has 0 fully saturated rings. The second kappa shape index (κ2) is 11.4. The lowest BCUT2D eigenvalue weighted by atomic mass is 10.1. The van der Waals surface area contributed by atoms with Crippen molar-refractivity contribution in [1.29, 1.82) is 0 Å². The summed E-state index contributed by atoms with van der Waals surface area (Å²) in [7, 11) is 0. The van der Waals surface area contributed by atoms with E-state index in [4.69, 9.17) is 9.26 Å². The molecule has 0 aliphatic heterocycles. The van der Waals surface area contributed by atoms with Gasteiger partial charge in [-0.3, -0.25) is 0 Å². The van der Waals surface area contributed by atoms with Crippen LogP contribution in [-0.4, -0.2) is 35.9 Å². The molecule has 1 amide bonds. The van der Waals surface area contributed by atoms with Crippen molar-refractivity contribution in [2.24, 2.45) is 4.99 Å². The molecule has 1 heterocycles. The van der Waals surface area contributed by atoms with Crippen LogP contribution in [0.25, 0.3) is 0 Å². The number of aromatic nitrogens is 1. The van der Waals surface area contributed by atoms with Crippen LogP contribution in [0.4, 0.5) is 4.79 Å². The predicted molar refractivity (Wildman–Crippen MR) is 122 cm³/mol. The van der Waals surface area contributed by atoms with Crippen molar-refractivity contribution in [3.63, 3.8) is 0 Å². The first-order valence-electron chi connectivity index (χ1n) is 10.7. The molecule has 0 saturated carbocycles. The fraction of sp³-hybridized carbons (Fsp3) is 0.522. The van der Waals surface area contributed by atoms with Crippen molar-refractivity contribution in [3.05, 3.63) is 53.4 Å². The molecule has 0 radical (unpaired) electrons. The molecular formula is C23H35N5O3. The summed E-state index contributed by atoms with van der Waals surface area (Å²) < 4.78 is 10.8. The zero-order valence-electron chi connectivity index (χ0n) is 19.4. The summed E-state index contributed by atoms with van der Waals surface area (Å²) in [5.74, 6) is 1.63. The molecule has 2 rings (SSSR count). The van der Waals surface area contributed by atoms with Crippen LogP contribution >= 0.6 is 0 Å². The Labute approximate surface area is 184 Å². The number of alkyl carbamates (subject to hydrolysis) is 1. The first-order valence-corrected chi connectivity index (χ1v) is 10.7. The third kappa shape index (κ3) is 8.70. The first-order chi connectivity index (χ1) is 14.7. The highest BCUT2D eigenvalue weighted by atomic mass is 16.6. The number of hydrogen-bond donors (Lipinski definition) is 3. The number of ether oxygens (including phenoxy) is 1. The number of benzene rings is 1. The summed E-state index contributed by atoms with van der Waals surface area (Å²) in [4.78, 5) is 16.9. The number of hydrogen-bond acceptors (Lipinski definition) is 5. The number of amides is 1. The van der Waals surface area contributed by atoms with Crippen LogP contribution in [0, 0.1) is 0 Å². The van der Waals surface area contributed by atoms with Crippen molar-refractivity contribution in [3.8, 4) is 0 Å². The van der Waals surface area contributed by atoms with E-state index in [2.05, 4.69) is 39.9 Å². The quantitative estimate of drug-likeness (QED) is 0.431. The lowest BCUT2D eigenvalue weighted by Gasteiger charge is -2.24. The predicted octanol–water partition coefficient (Wildman–Crippen LogP) is 4.12. The molecule has 2 aromatic rings. The highest BCUT2D eigenvalue weighted by Crippen LogP contribution is 2.15. The summed E-state index contributed by atoms with van der Waals surface area (Å²) in [6, 6.07) is 11.4. The van der Waals surface area contributed by atoms with Gasteiger partial charge < -0.3 is 25.2 Å². The monoisotopic (exact) mass is 429 g/mol. The Morgan fingerprint density at radius 2 is 1.90 bits per heavy atom. The largest absolute Gasteiger partial charge is 0.444 e. The lowest BCUT2D eigenvalue weighted by Crippen LogP contribution is -2.44. The summed E-state index contributed by atoms with van der Waals surface area (Å²) >= 11 is 0. The van der Waals surface area contributed by atoms with E-state index in [1.165, 1.54) is 0 Å². The molecule has 8 heteroatoms. The molecule has 1 atom stereocenters. The van der Waals surface area contributed by atoms with Crippen LogP contribution in [0.3, 0.4) is 0 Å². The minimum absolute atomic E-state index is 0.294. The second-order valence-corrected chi connectivity index (χ2v) is 8.56. The Morgan fingerprint density at radius 1 is 1.19 bits per heavy atom. The van der Waals surface area contributed by atoms with E-state index in [-0.39, 0.29) is 6.04 Å². The zero-order valence-corrected chi connectivity index (χ0v) is 19.4. The van der Waals surface area contributed by atoms with Crippen molar-refractivity contribution in [2.75, 3.05) is 13.1 Å². The van der Waals surface area contributed by atoms with Gasteiger partial charge in [0, 0.05) is 19.2 Å².